The van der Waals surface area contributed by atoms with Crippen molar-refractivity contribution in [2.24, 2.45) is 0 Å². The van der Waals surface area contributed by atoms with Gasteiger partial charge in [0.2, 0.25) is 5.95 Å². The van der Waals surface area contributed by atoms with Crippen molar-refractivity contribution < 1.29 is 4.39 Å². The SMILES string of the molecule is Fc1ncccc1C1=CNNC=C1. The van der Waals surface area contributed by atoms with Crippen LogP contribution in [0.15, 0.2) is 36.8 Å². The molecule has 0 saturated carbocycles. The van der Waals surface area contributed by atoms with E-state index >= 15 is 0 Å². The number of pyridine rings is 1. The highest BCUT2D eigenvalue weighted by molar-refractivity contribution is 5.73. The molecule has 1 aromatic rings. The molecule has 0 bridgehead atoms. The van der Waals surface area contributed by atoms with Gasteiger partial charge in [0.25, 0.3) is 0 Å². The van der Waals surface area contributed by atoms with Crippen LogP contribution in [0, 0.1) is 5.95 Å². The van der Waals surface area contributed by atoms with Gasteiger partial charge >= 0.3 is 0 Å². The second-order valence-corrected chi connectivity index (χ2v) is 2.56. The predicted molar refractivity (Wildman–Crippen MR) is 47.6 cm³/mol. The lowest BCUT2D eigenvalue weighted by Gasteiger charge is -2.09. The summed E-state index contributed by atoms with van der Waals surface area (Å²) in [6.45, 7) is 0. The number of allylic oxidation sites excluding steroid dienone is 2. The minimum atomic E-state index is -0.456. The molecule has 2 heterocycles. The highest BCUT2D eigenvalue weighted by Gasteiger charge is 2.06. The van der Waals surface area contributed by atoms with Crippen molar-refractivity contribution in [1.29, 1.82) is 0 Å². The summed E-state index contributed by atoms with van der Waals surface area (Å²) in [5.74, 6) is -0.456. The Kier molecular flexibility index (Phi) is 1.96. The van der Waals surface area contributed by atoms with Crippen molar-refractivity contribution in [2.45, 2.75) is 0 Å². The average Bonchev–Trinajstić information content (AvgIpc) is 2.20. The molecule has 1 aliphatic rings. The molecule has 0 radical (unpaired) electrons. The Morgan fingerprint density at radius 3 is 2.92 bits per heavy atom. The maximum Gasteiger partial charge on any atom is 0.220 e. The van der Waals surface area contributed by atoms with Crippen LogP contribution in [0.1, 0.15) is 5.56 Å². The molecule has 13 heavy (non-hydrogen) atoms. The topological polar surface area (TPSA) is 37.0 Å². The van der Waals surface area contributed by atoms with Gasteiger partial charge < -0.3 is 10.9 Å². The molecule has 0 spiro atoms. The van der Waals surface area contributed by atoms with Gasteiger partial charge in [-0.3, -0.25) is 0 Å². The summed E-state index contributed by atoms with van der Waals surface area (Å²) in [6.07, 6.45) is 6.58. The molecular formula is C9H8FN3. The molecule has 1 aliphatic heterocycles. The van der Waals surface area contributed by atoms with Crippen LogP contribution < -0.4 is 10.9 Å². The zero-order valence-corrected chi connectivity index (χ0v) is 6.79. The van der Waals surface area contributed by atoms with Gasteiger partial charge in [-0.1, -0.05) is 0 Å². The Labute approximate surface area is 75.0 Å². The fourth-order valence-corrected chi connectivity index (χ4v) is 1.12. The molecule has 4 heteroatoms. The van der Waals surface area contributed by atoms with E-state index in [1.165, 1.54) is 6.20 Å². The summed E-state index contributed by atoms with van der Waals surface area (Å²) in [5, 5.41) is 0. The second-order valence-electron chi connectivity index (χ2n) is 2.56. The van der Waals surface area contributed by atoms with Crippen molar-refractivity contribution in [2.75, 3.05) is 0 Å². The molecular weight excluding hydrogens is 169 g/mol. The van der Waals surface area contributed by atoms with E-state index in [2.05, 4.69) is 15.8 Å². The number of nitrogens with one attached hydrogen (secondary N) is 2. The van der Waals surface area contributed by atoms with Crippen molar-refractivity contribution in [3.63, 3.8) is 0 Å². The van der Waals surface area contributed by atoms with Crippen LogP contribution in [0.3, 0.4) is 0 Å². The van der Waals surface area contributed by atoms with Gasteiger partial charge in [0.05, 0.1) is 0 Å². The van der Waals surface area contributed by atoms with Gasteiger partial charge in [-0.2, -0.15) is 4.39 Å². The summed E-state index contributed by atoms with van der Waals surface area (Å²) in [6, 6.07) is 3.39. The fraction of sp³-hybridized carbons (Fsp3) is 0. The Hall–Kier alpha value is -1.84. The van der Waals surface area contributed by atoms with Crippen molar-refractivity contribution >= 4 is 5.57 Å². The van der Waals surface area contributed by atoms with Gasteiger partial charge in [-0.25, -0.2) is 4.98 Å². The van der Waals surface area contributed by atoms with E-state index in [-0.39, 0.29) is 0 Å². The zero-order chi connectivity index (χ0) is 9.10. The number of nitrogens with zero attached hydrogens (tertiary/aromatic N) is 1. The standard InChI is InChI=1S/C9H8FN3/c10-9-8(2-1-4-11-9)7-3-5-12-13-6-7/h1-6,12-13H. The lowest BCUT2D eigenvalue weighted by atomic mass is 10.1. The summed E-state index contributed by atoms with van der Waals surface area (Å²) >= 11 is 0. The van der Waals surface area contributed by atoms with Crippen LogP contribution in [0.5, 0.6) is 0 Å². The number of hydrogen-bond donors (Lipinski definition) is 2. The zero-order valence-electron chi connectivity index (χ0n) is 6.79. The Bertz CT molecular complexity index is 371. The fourth-order valence-electron chi connectivity index (χ4n) is 1.12. The van der Waals surface area contributed by atoms with Crippen molar-refractivity contribution in [1.82, 2.24) is 15.8 Å². The minimum Gasteiger partial charge on any atom is -0.309 e. The number of aromatic nitrogens is 1. The first-order chi connectivity index (χ1) is 6.38. The Morgan fingerprint density at radius 1 is 1.31 bits per heavy atom. The van der Waals surface area contributed by atoms with Gasteiger partial charge in [-0.05, 0) is 18.2 Å². The highest BCUT2D eigenvalue weighted by Crippen LogP contribution is 2.17. The van der Waals surface area contributed by atoms with Crippen molar-refractivity contribution in [3.05, 3.63) is 48.3 Å². The molecule has 0 aliphatic carbocycles. The van der Waals surface area contributed by atoms with E-state index in [9.17, 15) is 4.39 Å². The van der Waals surface area contributed by atoms with Gasteiger partial charge in [0, 0.05) is 29.7 Å². The quantitative estimate of drug-likeness (QED) is 0.632. The maximum atomic E-state index is 13.1. The number of rotatable bonds is 1. The molecule has 2 rings (SSSR count). The first-order valence-electron chi connectivity index (χ1n) is 3.86. The van der Waals surface area contributed by atoms with E-state index in [0.717, 1.165) is 5.57 Å². The predicted octanol–water partition coefficient (Wildman–Crippen LogP) is 1.18. The Morgan fingerprint density at radius 2 is 2.23 bits per heavy atom. The largest absolute Gasteiger partial charge is 0.309 e. The molecule has 0 amide bonds. The molecule has 2 N–H and O–H groups in total. The van der Waals surface area contributed by atoms with E-state index in [1.54, 1.807) is 30.6 Å². The molecule has 66 valence electrons. The minimum absolute atomic E-state index is 0.456. The molecule has 0 unspecified atom stereocenters. The Balaban J connectivity index is 2.40. The number of hydrazine groups is 1. The van der Waals surface area contributed by atoms with Crippen LogP contribution in [-0.2, 0) is 0 Å². The number of hydrogen-bond acceptors (Lipinski definition) is 3. The summed E-state index contributed by atoms with van der Waals surface area (Å²) in [7, 11) is 0. The van der Waals surface area contributed by atoms with Crippen LogP contribution in [0.2, 0.25) is 0 Å². The third-order valence-corrected chi connectivity index (χ3v) is 1.73. The van der Waals surface area contributed by atoms with E-state index in [4.69, 9.17) is 0 Å². The summed E-state index contributed by atoms with van der Waals surface area (Å²) in [5.41, 5.74) is 6.78. The first kappa shape index (κ1) is 7.79. The highest BCUT2D eigenvalue weighted by atomic mass is 19.1. The maximum absolute atomic E-state index is 13.1. The van der Waals surface area contributed by atoms with E-state index < -0.39 is 5.95 Å². The smallest absolute Gasteiger partial charge is 0.220 e. The van der Waals surface area contributed by atoms with E-state index in [1.807, 2.05) is 0 Å². The van der Waals surface area contributed by atoms with Crippen LogP contribution >= 0.6 is 0 Å². The molecule has 0 atom stereocenters. The summed E-state index contributed by atoms with van der Waals surface area (Å²) < 4.78 is 13.1. The molecule has 3 nitrogen and oxygen atoms in total. The van der Waals surface area contributed by atoms with Crippen LogP contribution in [-0.4, -0.2) is 4.98 Å². The lowest BCUT2D eigenvalue weighted by molar-refractivity contribution is 0.580. The molecule has 0 fully saturated rings. The van der Waals surface area contributed by atoms with Crippen molar-refractivity contribution in [3.8, 4) is 0 Å². The molecule has 0 saturated heterocycles. The molecule has 1 aromatic heterocycles. The van der Waals surface area contributed by atoms with Gasteiger partial charge in [0.1, 0.15) is 0 Å². The second kappa shape index (κ2) is 3.26. The van der Waals surface area contributed by atoms with Gasteiger partial charge in [-0.15, -0.1) is 0 Å². The summed E-state index contributed by atoms with van der Waals surface area (Å²) in [4.78, 5) is 3.56. The third-order valence-electron chi connectivity index (χ3n) is 1.73. The normalized spacial score (nSPS) is 14.4. The lowest BCUT2D eigenvalue weighted by Crippen LogP contribution is -2.23. The van der Waals surface area contributed by atoms with Crippen LogP contribution in [0.4, 0.5) is 4.39 Å². The average molecular weight is 177 g/mol. The molecule has 0 aromatic carbocycles. The van der Waals surface area contributed by atoms with Crippen LogP contribution in [0.25, 0.3) is 5.57 Å². The van der Waals surface area contributed by atoms with Gasteiger partial charge in [0.15, 0.2) is 0 Å². The number of halogens is 1. The third kappa shape index (κ3) is 1.51. The first-order valence-corrected chi connectivity index (χ1v) is 3.86. The van der Waals surface area contributed by atoms with E-state index in [0.29, 0.717) is 5.56 Å². The monoisotopic (exact) mass is 177 g/mol.